The van der Waals surface area contributed by atoms with E-state index in [1.807, 2.05) is 0 Å². The van der Waals surface area contributed by atoms with Crippen LogP contribution < -0.4 is 5.32 Å². The van der Waals surface area contributed by atoms with Crippen molar-refractivity contribution in [2.75, 3.05) is 6.54 Å². The molecule has 24 heavy (non-hydrogen) atoms. The Bertz CT molecular complexity index is 753. The molecule has 2 aliphatic rings. The van der Waals surface area contributed by atoms with Crippen LogP contribution in [0.5, 0.6) is 0 Å². The third-order valence-corrected chi connectivity index (χ3v) is 5.13. The van der Waals surface area contributed by atoms with Crippen LogP contribution in [-0.4, -0.2) is 37.2 Å². The predicted molar refractivity (Wildman–Crippen MR) is 89.5 cm³/mol. The zero-order valence-electron chi connectivity index (χ0n) is 14.3. The zero-order valence-corrected chi connectivity index (χ0v) is 14.3. The maximum absolute atomic E-state index is 12.3. The van der Waals surface area contributed by atoms with E-state index in [-0.39, 0.29) is 11.3 Å². The second-order valence-electron chi connectivity index (χ2n) is 7.79. The molecular weight excluding hydrogens is 304 g/mol. The summed E-state index contributed by atoms with van der Waals surface area (Å²) in [6, 6.07) is 0.430. The maximum atomic E-state index is 12.3. The minimum Gasteiger partial charge on any atom is -0.350 e. The van der Waals surface area contributed by atoms with E-state index in [0.29, 0.717) is 24.1 Å². The minimum absolute atomic E-state index is 0.00174. The van der Waals surface area contributed by atoms with Crippen LogP contribution in [0.1, 0.15) is 68.2 Å². The fourth-order valence-corrected chi connectivity index (χ4v) is 3.81. The van der Waals surface area contributed by atoms with Gasteiger partial charge in [-0.15, -0.1) is 10.2 Å². The summed E-state index contributed by atoms with van der Waals surface area (Å²) < 4.78 is 2.13. The Morgan fingerprint density at radius 2 is 2.04 bits per heavy atom. The summed E-state index contributed by atoms with van der Waals surface area (Å²) in [5.41, 5.74) is 1.39. The number of hydrogen-bond acceptors (Lipinski definition) is 4. The first-order chi connectivity index (χ1) is 11.5. The molecule has 0 aromatic carbocycles. The number of rotatable bonds is 2. The van der Waals surface area contributed by atoms with Gasteiger partial charge < -0.3 is 14.9 Å². The van der Waals surface area contributed by atoms with Crippen molar-refractivity contribution in [3.63, 3.8) is 0 Å². The number of nitrogens with zero attached hydrogens (tertiary/aromatic N) is 4. The van der Waals surface area contributed by atoms with Crippen LogP contribution in [0.2, 0.25) is 0 Å². The second-order valence-corrected chi connectivity index (χ2v) is 7.79. The van der Waals surface area contributed by atoms with Gasteiger partial charge in [0.2, 0.25) is 0 Å². The number of carbonyl (C=O) groups excluding carboxylic acids is 1. The number of aromatic amines is 1. The smallest absolute Gasteiger partial charge is 0.271 e. The van der Waals surface area contributed by atoms with Crippen LogP contribution in [0.3, 0.4) is 0 Å². The number of nitrogens with one attached hydrogen (secondary N) is 2. The molecule has 1 aliphatic carbocycles. The summed E-state index contributed by atoms with van der Waals surface area (Å²) in [6.07, 6.45) is 8.67. The lowest BCUT2D eigenvalue weighted by atomic mass is 9.88. The fourth-order valence-electron chi connectivity index (χ4n) is 3.81. The molecule has 0 bridgehead atoms. The predicted octanol–water partition coefficient (Wildman–Crippen LogP) is 2.49. The van der Waals surface area contributed by atoms with Crippen LogP contribution in [0.25, 0.3) is 11.6 Å². The molecule has 0 unspecified atom stereocenters. The molecule has 1 fully saturated rings. The first-order valence-corrected chi connectivity index (χ1v) is 8.80. The molecule has 1 amide bonds. The Hall–Kier alpha value is -2.18. The molecule has 0 radical (unpaired) electrons. The van der Waals surface area contributed by atoms with Crippen molar-refractivity contribution in [2.24, 2.45) is 5.41 Å². The van der Waals surface area contributed by atoms with Gasteiger partial charge in [-0.2, -0.15) is 0 Å². The number of imidazole rings is 1. The SMILES string of the molecule is CC1(C)CNC(=O)c2nc(-c3nncn3C3CCCCC3)[nH]c2C1. The maximum Gasteiger partial charge on any atom is 0.271 e. The number of hydrogen-bond donors (Lipinski definition) is 2. The van der Waals surface area contributed by atoms with Gasteiger partial charge in [0, 0.05) is 18.3 Å². The summed E-state index contributed by atoms with van der Waals surface area (Å²) in [7, 11) is 0. The molecule has 0 saturated heterocycles. The van der Waals surface area contributed by atoms with Gasteiger partial charge >= 0.3 is 0 Å². The lowest BCUT2D eigenvalue weighted by Gasteiger charge is -2.23. The van der Waals surface area contributed by atoms with Crippen molar-refractivity contribution in [3.05, 3.63) is 17.7 Å². The van der Waals surface area contributed by atoms with Gasteiger partial charge in [-0.3, -0.25) is 4.79 Å². The quantitative estimate of drug-likeness (QED) is 0.886. The van der Waals surface area contributed by atoms with Gasteiger partial charge in [-0.1, -0.05) is 33.1 Å². The standard InChI is InChI=1S/C17H24N6O/c1-17(2)8-12-13(16(24)18-9-17)21-14(20-12)15-22-19-10-23(15)11-6-4-3-5-7-11/h10-11H,3-9H2,1-2H3,(H,18,24)(H,20,21). The first-order valence-electron chi connectivity index (χ1n) is 8.80. The van der Waals surface area contributed by atoms with E-state index in [1.54, 1.807) is 6.33 Å². The number of carbonyl (C=O) groups is 1. The number of fused-ring (bicyclic) bond motifs is 1. The monoisotopic (exact) mass is 328 g/mol. The Morgan fingerprint density at radius 3 is 2.83 bits per heavy atom. The van der Waals surface area contributed by atoms with E-state index in [4.69, 9.17) is 0 Å². The molecule has 1 aliphatic heterocycles. The highest BCUT2D eigenvalue weighted by atomic mass is 16.1. The molecule has 0 spiro atoms. The number of aromatic nitrogens is 5. The van der Waals surface area contributed by atoms with Crippen LogP contribution in [-0.2, 0) is 6.42 Å². The van der Waals surface area contributed by atoms with Gasteiger partial charge in [0.25, 0.3) is 5.91 Å². The van der Waals surface area contributed by atoms with E-state index in [0.717, 1.165) is 30.8 Å². The topological polar surface area (TPSA) is 88.5 Å². The Kier molecular flexibility index (Phi) is 3.66. The molecule has 3 heterocycles. The van der Waals surface area contributed by atoms with Crippen molar-refractivity contribution in [1.29, 1.82) is 0 Å². The zero-order chi connectivity index (χ0) is 16.7. The average Bonchev–Trinajstić information content (AvgIpc) is 3.18. The second kappa shape index (κ2) is 5.72. The van der Waals surface area contributed by atoms with Gasteiger partial charge in [-0.25, -0.2) is 4.98 Å². The van der Waals surface area contributed by atoms with E-state index < -0.39 is 0 Å². The summed E-state index contributed by atoms with van der Waals surface area (Å²) >= 11 is 0. The van der Waals surface area contributed by atoms with E-state index in [1.165, 1.54) is 19.3 Å². The van der Waals surface area contributed by atoms with Crippen molar-refractivity contribution in [1.82, 2.24) is 30.0 Å². The molecule has 2 aromatic heterocycles. The van der Waals surface area contributed by atoms with Crippen LogP contribution >= 0.6 is 0 Å². The molecule has 1 saturated carbocycles. The molecule has 7 nitrogen and oxygen atoms in total. The summed E-state index contributed by atoms with van der Waals surface area (Å²) in [6.45, 7) is 4.95. The molecule has 2 aromatic rings. The van der Waals surface area contributed by atoms with Gasteiger partial charge in [0.05, 0.1) is 0 Å². The van der Waals surface area contributed by atoms with Gasteiger partial charge in [0.15, 0.2) is 11.6 Å². The molecule has 0 atom stereocenters. The van der Waals surface area contributed by atoms with Crippen molar-refractivity contribution >= 4 is 5.91 Å². The molecule has 128 valence electrons. The lowest BCUT2D eigenvalue weighted by Crippen LogP contribution is -2.32. The summed E-state index contributed by atoms with van der Waals surface area (Å²) in [5.74, 6) is 1.28. The van der Waals surface area contributed by atoms with Gasteiger partial charge in [0.1, 0.15) is 12.0 Å². The Morgan fingerprint density at radius 1 is 1.25 bits per heavy atom. The third kappa shape index (κ3) is 2.72. The van der Waals surface area contributed by atoms with Crippen LogP contribution in [0.4, 0.5) is 0 Å². The summed E-state index contributed by atoms with van der Waals surface area (Å²) in [4.78, 5) is 20.2. The summed E-state index contributed by atoms with van der Waals surface area (Å²) in [5, 5.41) is 11.3. The molecule has 7 heteroatoms. The average molecular weight is 328 g/mol. The van der Waals surface area contributed by atoms with E-state index >= 15 is 0 Å². The van der Waals surface area contributed by atoms with Gasteiger partial charge in [-0.05, 0) is 24.7 Å². The van der Waals surface area contributed by atoms with Crippen molar-refractivity contribution in [2.45, 2.75) is 58.4 Å². The minimum atomic E-state index is -0.109. The normalized spacial score (nSPS) is 21.2. The molecular formula is C17H24N6O. The first kappa shape index (κ1) is 15.4. The Balaban J connectivity index is 1.71. The third-order valence-electron chi connectivity index (χ3n) is 5.13. The lowest BCUT2D eigenvalue weighted by molar-refractivity contribution is 0.0940. The molecule has 4 rings (SSSR count). The highest BCUT2D eigenvalue weighted by Crippen LogP contribution is 2.32. The highest BCUT2D eigenvalue weighted by Gasteiger charge is 2.31. The highest BCUT2D eigenvalue weighted by molar-refractivity contribution is 5.94. The molecule has 2 N–H and O–H groups in total. The number of amides is 1. The van der Waals surface area contributed by atoms with Crippen molar-refractivity contribution in [3.8, 4) is 11.6 Å². The van der Waals surface area contributed by atoms with Crippen molar-refractivity contribution < 1.29 is 4.79 Å². The van der Waals surface area contributed by atoms with E-state index in [2.05, 4.69) is 43.9 Å². The largest absolute Gasteiger partial charge is 0.350 e. The fraction of sp³-hybridized carbons (Fsp3) is 0.647. The van der Waals surface area contributed by atoms with Crippen LogP contribution in [0, 0.1) is 5.41 Å². The Labute approximate surface area is 141 Å². The number of H-pyrrole nitrogens is 1. The van der Waals surface area contributed by atoms with Crippen LogP contribution in [0.15, 0.2) is 6.33 Å². The van der Waals surface area contributed by atoms with E-state index in [9.17, 15) is 4.79 Å².